The Balaban J connectivity index is 1.81. The second-order valence-corrected chi connectivity index (χ2v) is 5.14. The molecule has 0 bridgehead atoms. The number of ether oxygens (including phenoxy) is 1. The monoisotopic (exact) mass is 283 g/mol. The van der Waals surface area contributed by atoms with Gasteiger partial charge in [0.1, 0.15) is 6.07 Å². The first-order valence-corrected chi connectivity index (χ1v) is 7.10. The average molecular weight is 283 g/mol. The maximum absolute atomic E-state index is 9.20. The zero-order valence-electron chi connectivity index (χ0n) is 11.9. The van der Waals surface area contributed by atoms with Crippen molar-refractivity contribution in [2.45, 2.75) is 25.9 Å². The number of aromatic nitrogens is 1. The molecule has 1 fully saturated rings. The second kappa shape index (κ2) is 5.98. The SMILES string of the molecule is Cc1ccccc1-c1nc(C#N)c(NC[C@H]2CCCO2)o1. The summed E-state index contributed by atoms with van der Waals surface area (Å²) in [5.74, 6) is 0.894. The van der Waals surface area contributed by atoms with Gasteiger partial charge in [-0.3, -0.25) is 0 Å². The lowest BCUT2D eigenvalue weighted by atomic mass is 10.1. The Morgan fingerprint density at radius 1 is 1.43 bits per heavy atom. The number of nitrogens with one attached hydrogen (secondary N) is 1. The van der Waals surface area contributed by atoms with E-state index in [-0.39, 0.29) is 11.8 Å². The van der Waals surface area contributed by atoms with Gasteiger partial charge in [0.2, 0.25) is 17.5 Å². The fraction of sp³-hybridized carbons (Fsp3) is 0.375. The van der Waals surface area contributed by atoms with Crippen LogP contribution in [0.2, 0.25) is 0 Å². The Morgan fingerprint density at radius 3 is 3.00 bits per heavy atom. The lowest BCUT2D eigenvalue weighted by molar-refractivity contribution is 0.120. The van der Waals surface area contributed by atoms with E-state index in [1.54, 1.807) is 0 Å². The van der Waals surface area contributed by atoms with Crippen molar-refractivity contribution in [2.75, 3.05) is 18.5 Å². The van der Waals surface area contributed by atoms with Crippen molar-refractivity contribution >= 4 is 5.88 Å². The molecule has 1 aromatic carbocycles. The number of hydrogen-bond acceptors (Lipinski definition) is 5. The van der Waals surface area contributed by atoms with Gasteiger partial charge in [-0.25, -0.2) is 0 Å². The van der Waals surface area contributed by atoms with E-state index in [1.807, 2.05) is 31.2 Å². The largest absolute Gasteiger partial charge is 0.419 e. The number of benzene rings is 1. The number of hydrogen-bond donors (Lipinski definition) is 1. The molecular formula is C16H17N3O2. The van der Waals surface area contributed by atoms with Crippen LogP contribution in [0.3, 0.4) is 0 Å². The molecule has 0 aliphatic carbocycles. The summed E-state index contributed by atoms with van der Waals surface area (Å²) in [4.78, 5) is 4.27. The van der Waals surface area contributed by atoms with Crippen LogP contribution in [-0.2, 0) is 4.74 Å². The normalized spacial score (nSPS) is 17.6. The Morgan fingerprint density at radius 2 is 2.29 bits per heavy atom. The molecule has 5 heteroatoms. The van der Waals surface area contributed by atoms with Crippen molar-refractivity contribution in [1.82, 2.24) is 4.98 Å². The third kappa shape index (κ3) is 2.91. The molecule has 1 saturated heterocycles. The van der Waals surface area contributed by atoms with Crippen molar-refractivity contribution in [3.05, 3.63) is 35.5 Å². The maximum Gasteiger partial charge on any atom is 0.232 e. The van der Waals surface area contributed by atoms with Gasteiger partial charge < -0.3 is 14.5 Å². The molecule has 1 atom stereocenters. The lowest BCUT2D eigenvalue weighted by Crippen LogP contribution is -2.18. The molecule has 1 N–H and O–H groups in total. The van der Waals surface area contributed by atoms with E-state index in [2.05, 4.69) is 16.4 Å². The Bertz CT molecular complexity index is 666. The Kier molecular flexibility index (Phi) is 3.89. The Labute approximate surface area is 123 Å². The quantitative estimate of drug-likeness (QED) is 0.933. The van der Waals surface area contributed by atoms with Crippen LogP contribution in [0.4, 0.5) is 5.88 Å². The van der Waals surface area contributed by atoms with Crippen LogP contribution in [0.15, 0.2) is 28.7 Å². The van der Waals surface area contributed by atoms with E-state index >= 15 is 0 Å². The van der Waals surface area contributed by atoms with Gasteiger partial charge in [0.15, 0.2) is 0 Å². The summed E-state index contributed by atoms with van der Waals surface area (Å²) in [6.45, 7) is 3.43. The number of nitriles is 1. The minimum absolute atomic E-state index is 0.184. The number of aryl methyl sites for hydroxylation is 1. The van der Waals surface area contributed by atoms with Gasteiger partial charge in [0.25, 0.3) is 0 Å². The fourth-order valence-corrected chi connectivity index (χ4v) is 2.46. The van der Waals surface area contributed by atoms with Crippen molar-refractivity contribution in [2.24, 2.45) is 0 Å². The summed E-state index contributed by atoms with van der Waals surface area (Å²) in [5.41, 5.74) is 2.25. The maximum atomic E-state index is 9.20. The second-order valence-electron chi connectivity index (χ2n) is 5.14. The Hall–Kier alpha value is -2.32. The molecule has 0 saturated carbocycles. The van der Waals surface area contributed by atoms with Gasteiger partial charge in [0.05, 0.1) is 6.10 Å². The number of anilines is 1. The fourth-order valence-electron chi connectivity index (χ4n) is 2.46. The van der Waals surface area contributed by atoms with Crippen LogP contribution < -0.4 is 5.32 Å². The molecular weight excluding hydrogens is 266 g/mol. The molecule has 1 aliphatic rings. The highest BCUT2D eigenvalue weighted by Crippen LogP contribution is 2.27. The van der Waals surface area contributed by atoms with Gasteiger partial charge in [0, 0.05) is 18.7 Å². The first kappa shape index (κ1) is 13.7. The summed E-state index contributed by atoms with van der Waals surface area (Å²) < 4.78 is 11.3. The summed E-state index contributed by atoms with van der Waals surface area (Å²) in [7, 11) is 0. The molecule has 21 heavy (non-hydrogen) atoms. The molecule has 5 nitrogen and oxygen atoms in total. The zero-order valence-corrected chi connectivity index (χ0v) is 11.9. The van der Waals surface area contributed by atoms with Gasteiger partial charge in [-0.1, -0.05) is 18.2 Å². The smallest absolute Gasteiger partial charge is 0.232 e. The minimum atomic E-state index is 0.184. The number of oxazole rings is 1. The molecule has 2 aromatic rings. The molecule has 108 valence electrons. The van der Waals surface area contributed by atoms with E-state index in [0.717, 1.165) is 30.6 Å². The van der Waals surface area contributed by atoms with Crippen molar-refractivity contribution in [1.29, 1.82) is 5.26 Å². The zero-order chi connectivity index (χ0) is 14.7. The molecule has 0 radical (unpaired) electrons. The van der Waals surface area contributed by atoms with Crippen LogP contribution in [-0.4, -0.2) is 24.2 Å². The van der Waals surface area contributed by atoms with Crippen LogP contribution >= 0.6 is 0 Å². The molecule has 2 heterocycles. The summed E-state index contributed by atoms with van der Waals surface area (Å²) >= 11 is 0. The summed E-state index contributed by atoms with van der Waals surface area (Å²) in [6.07, 6.45) is 2.30. The van der Waals surface area contributed by atoms with Gasteiger partial charge in [-0.15, -0.1) is 0 Å². The molecule has 1 aromatic heterocycles. The molecule has 0 unspecified atom stereocenters. The van der Waals surface area contributed by atoms with Crippen molar-refractivity contribution in [3.8, 4) is 17.5 Å². The van der Waals surface area contributed by atoms with Crippen molar-refractivity contribution < 1.29 is 9.15 Å². The predicted molar refractivity (Wildman–Crippen MR) is 78.9 cm³/mol. The molecule has 0 spiro atoms. The van der Waals surface area contributed by atoms with Gasteiger partial charge in [-0.05, 0) is 31.4 Å². The number of nitrogens with zero attached hydrogens (tertiary/aromatic N) is 2. The number of rotatable bonds is 4. The van der Waals surface area contributed by atoms with E-state index in [4.69, 9.17) is 9.15 Å². The van der Waals surface area contributed by atoms with Crippen LogP contribution in [0.5, 0.6) is 0 Å². The highest BCUT2D eigenvalue weighted by Gasteiger charge is 2.19. The van der Waals surface area contributed by atoms with Gasteiger partial charge in [-0.2, -0.15) is 10.2 Å². The summed E-state index contributed by atoms with van der Waals surface area (Å²) in [5, 5.41) is 12.3. The minimum Gasteiger partial charge on any atom is -0.419 e. The predicted octanol–water partition coefficient (Wildman–Crippen LogP) is 3.11. The first-order chi connectivity index (χ1) is 10.3. The van der Waals surface area contributed by atoms with Crippen LogP contribution in [0.1, 0.15) is 24.1 Å². The topological polar surface area (TPSA) is 71.1 Å². The van der Waals surface area contributed by atoms with E-state index in [9.17, 15) is 5.26 Å². The average Bonchev–Trinajstić information content (AvgIpc) is 3.14. The summed E-state index contributed by atoms with van der Waals surface area (Å²) in [6, 6.07) is 9.89. The van der Waals surface area contributed by atoms with Crippen LogP contribution in [0, 0.1) is 18.3 Å². The molecule has 1 aliphatic heterocycles. The highest BCUT2D eigenvalue weighted by atomic mass is 16.5. The standard InChI is InChI=1S/C16H17N3O2/c1-11-5-2-3-7-13(11)15-19-14(9-17)16(21-15)18-10-12-6-4-8-20-12/h2-3,5,7,12,18H,4,6,8,10H2,1H3/t12-/m1/s1. The lowest BCUT2D eigenvalue weighted by Gasteiger charge is -2.09. The third-order valence-electron chi connectivity index (χ3n) is 3.62. The molecule has 0 amide bonds. The van der Waals surface area contributed by atoms with E-state index in [1.165, 1.54) is 0 Å². The van der Waals surface area contributed by atoms with Gasteiger partial charge >= 0.3 is 0 Å². The molecule has 3 rings (SSSR count). The highest BCUT2D eigenvalue weighted by molar-refractivity contribution is 5.62. The third-order valence-corrected chi connectivity index (χ3v) is 3.62. The van der Waals surface area contributed by atoms with Crippen molar-refractivity contribution in [3.63, 3.8) is 0 Å². The van der Waals surface area contributed by atoms with E-state index < -0.39 is 0 Å². The first-order valence-electron chi connectivity index (χ1n) is 7.10. The van der Waals surface area contributed by atoms with E-state index in [0.29, 0.717) is 18.3 Å². The van der Waals surface area contributed by atoms with Crippen LogP contribution in [0.25, 0.3) is 11.5 Å².